The maximum absolute atomic E-state index is 11.8. The molecule has 0 heterocycles. The molecule has 0 amide bonds. The third-order valence-electron chi connectivity index (χ3n) is 2.19. The highest BCUT2D eigenvalue weighted by molar-refractivity contribution is 5.73. The van der Waals surface area contributed by atoms with Gasteiger partial charge in [-0.2, -0.15) is 0 Å². The highest BCUT2D eigenvalue weighted by Crippen LogP contribution is 2.15. The van der Waals surface area contributed by atoms with Gasteiger partial charge in [0.2, 0.25) is 0 Å². The van der Waals surface area contributed by atoms with E-state index in [0.29, 0.717) is 0 Å². The zero-order valence-electron chi connectivity index (χ0n) is 12.0. The number of nitrogens with one attached hydrogen (secondary N) is 1. The van der Waals surface area contributed by atoms with E-state index in [1.54, 1.807) is 0 Å². The Balaban J connectivity index is 4.34. The van der Waals surface area contributed by atoms with Crippen LogP contribution in [0.2, 0.25) is 0 Å². The number of esters is 1. The summed E-state index contributed by atoms with van der Waals surface area (Å²) in [5.41, 5.74) is -0.400. The van der Waals surface area contributed by atoms with Crippen LogP contribution < -0.4 is 5.32 Å². The number of ether oxygens (including phenoxy) is 1. The van der Waals surface area contributed by atoms with Crippen molar-refractivity contribution in [1.29, 1.82) is 0 Å². The first kappa shape index (κ1) is 15.4. The fraction of sp³-hybridized carbons (Fsp3) is 0.923. The molecule has 0 aliphatic heterocycles. The molecule has 0 fully saturated rings. The van der Waals surface area contributed by atoms with E-state index in [1.165, 1.54) is 0 Å². The molecule has 3 nitrogen and oxygen atoms in total. The van der Waals surface area contributed by atoms with Crippen molar-refractivity contribution in [2.45, 2.75) is 72.6 Å². The van der Waals surface area contributed by atoms with Crippen LogP contribution in [0.15, 0.2) is 0 Å². The van der Waals surface area contributed by atoms with Crippen LogP contribution in [0.3, 0.4) is 0 Å². The van der Waals surface area contributed by atoms with Gasteiger partial charge in [0.05, 0.1) is 5.92 Å². The highest BCUT2D eigenvalue weighted by atomic mass is 16.6. The average Bonchev–Trinajstić information content (AvgIpc) is 1.96. The summed E-state index contributed by atoms with van der Waals surface area (Å²) in [6, 6.07) is 0.106. The van der Waals surface area contributed by atoms with Crippen LogP contribution in [0.4, 0.5) is 0 Å². The molecule has 0 spiro atoms. The zero-order chi connectivity index (χ0) is 13.1. The quantitative estimate of drug-likeness (QED) is 0.756. The van der Waals surface area contributed by atoms with Crippen LogP contribution in [0.25, 0.3) is 0 Å². The Morgan fingerprint density at radius 2 is 1.50 bits per heavy atom. The van der Waals surface area contributed by atoms with Gasteiger partial charge in [0, 0.05) is 11.6 Å². The van der Waals surface area contributed by atoms with Crippen LogP contribution >= 0.6 is 0 Å². The topological polar surface area (TPSA) is 38.3 Å². The molecular formula is C13H27NO2. The van der Waals surface area contributed by atoms with Gasteiger partial charge in [-0.3, -0.25) is 4.79 Å². The first-order chi connectivity index (χ1) is 6.92. The Morgan fingerprint density at radius 1 is 1.06 bits per heavy atom. The second kappa shape index (κ2) is 5.17. The van der Waals surface area contributed by atoms with Crippen LogP contribution in [-0.2, 0) is 9.53 Å². The van der Waals surface area contributed by atoms with E-state index in [0.717, 1.165) is 0 Å². The first-order valence-corrected chi connectivity index (χ1v) is 5.93. The number of carbonyl (C=O) groups excluding carboxylic acids is 1. The number of hydrogen-bond acceptors (Lipinski definition) is 3. The van der Waals surface area contributed by atoms with Crippen molar-refractivity contribution >= 4 is 5.97 Å². The maximum Gasteiger partial charge on any atom is 0.310 e. The van der Waals surface area contributed by atoms with Gasteiger partial charge in [-0.05, 0) is 48.5 Å². The van der Waals surface area contributed by atoms with Gasteiger partial charge in [-0.15, -0.1) is 0 Å². The van der Waals surface area contributed by atoms with Crippen molar-refractivity contribution in [3.63, 3.8) is 0 Å². The molecule has 96 valence electrons. The fourth-order valence-corrected chi connectivity index (χ4v) is 1.41. The molecule has 0 aromatic carbocycles. The van der Waals surface area contributed by atoms with E-state index in [9.17, 15) is 4.79 Å². The molecular weight excluding hydrogens is 202 g/mol. The van der Waals surface area contributed by atoms with Crippen LogP contribution in [0.1, 0.15) is 55.4 Å². The van der Waals surface area contributed by atoms with Gasteiger partial charge < -0.3 is 10.1 Å². The number of hydrogen-bond donors (Lipinski definition) is 1. The molecule has 2 atom stereocenters. The third kappa shape index (κ3) is 6.83. The Bertz CT molecular complexity index is 235. The van der Waals surface area contributed by atoms with Crippen molar-refractivity contribution in [2.24, 2.45) is 5.92 Å². The summed E-state index contributed by atoms with van der Waals surface area (Å²) >= 11 is 0. The van der Waals surface area contributed by atoms with Crippen LogP contribution in [-0.4, -0.2) is 23.2 Å². The van der Waals surface area contributed by atoms with Gasteiger partial charge >= 0.3 is 5.97 Å². The lowest BCUT2D eigenvalue weighted by molar-refractivity contribution is -0.160. The van der Waals surface area contributed by atoms with E-state index in [-0.39, 0.29) is 23.5 Å². The normalized spacial score (nSPS) is 16.8. The van der Waals surface area contributed by atoms with Gasteiger partial charge in [-0.1, -0.05) is 6.92 Å². The van der Waals surface area contributed by atoms with Gasteiger partial charge in [0.15, 0.2) is 0 Å². The smallest absolute Gasteiger partial charge is 0.310 e. The maximum atomic E-state index is 11.8. The van der Waals surface area contributed by atoms with Crippen molar-refractivity contribution < 1.29 is 9.53 Å². The number of carbonyl (C=O) groups is 1. The molecule has 0 aromatic rings. The number of rotatable bonds is 3. The fourth-order valence-electron chi connectivity index (χ4n) is 1.41. The minimum Gasteiger partial charge on any atom is -0.460 e. The predicted octanol–water partition coefficient (Wildman–Crippen LogP) is 2.74. The summed E-state index contributed by atoms with van der Waals surface area (Å²) in [6.07, 6.45) is 0. The third-order valence-corrected chi connectivity index (χ3v) is 2.19. The molecule has 0 radical (unpaired) electrons. The lowest BCUT2D eigenvalue weighted by Gasteiger charge is -2.30. The van der Waals surface area contributed by atoms with Crippen LogP contribution in [0, 0.1) is 5.92 Å². The SMILES string of the molecule is CC(NC(C)(C)C)C(C)C(=O)OC(C)(C)C. The lowest BCUT2D eigenvalue weighted by Crippen LogP contribution is -2.47. The second-order valence-corrected chi connectivity index (χ2v) is 6.51. The molecule has 1 N–H and O–H groups in total. The van der Waals surface area contributed by atoms with E-state index < -0.39 is 5.60 Å². The lowest BCUT2D eigenvalue weighted by atomic mass is 9.99. The Kier molecular flexibility index (Phi) is 4.99. The van der Waals surface area contributed by atoms with Crippen molar-refractivity contribution in [3.05, 3.63) is 0 Å². The summed E-state index contributed by atoms with van der Waals surface area (Å²) in [4.78, 5) is 11.8. The molecule has 2 unspecified atom stereocenters. The molecule has 0 aliphatic carbocycles. The van der Waals surface area contributed by atoms with Crippen molar-refractivity contribution in [1.82, 2.24) is 5.32 Å². The summed E-state index contributed by atoms with van der Waals surface area (Å²) in [7, 11) is 0. The standard InChI is InChI=1S/C13H27NO2/c1-9(10(2)14-12(3,4)5)11(15)16-13(6,7)8/h9-10,14H,1-8H3. The second-order valence-electron chi connectivity index (χ2n) is 6.51. The minimum absolute atomic E-state index is 0.00961. The summed E-state index contributed by atoms with van der Waals surface area (Å²) in [5.74, 6) is -0.282. The van der Waals surface area contributed by atoms with Crippen molar-refractivity contribution in [2.75, 3.05) is 0 Å². The summed E-state index contributed by atoms with van der Waals surface area (Å²) in [6.45, 7) is 15.8. The van der Waals surface area contributed by atoms with E-state index in [1.807, 2.05) is 34.6 Å². The molecule has 0 saturated heterocycles. The Morgan fingerprint density at radius 3 is 1.81 bits per heavy atom. The minimum atomic E-state index is -0.410. The van der Waals surface area contributed by atoms with Crippen molar-refractivity contribution in [3.8, 4) is 0 Å². The molecule has 0 rings (SSSR count). The summed E-state index contributed by atoms with van der Waals surface area (Å²) in [5, 5.41) is 3.38. The Labute approximate surface area is 99.9 Å². The highest BCUT2D eigenvalue weighted by Gasteiger charge is 2.27. The molecule has 0 aliphatic rings. The van der Waals surface area contributed by atoms with Gasteiger partial charge in [0.1, 0.15) is 5.60 Å². The van der Waals surface area contributed by atoms with E-state index in [4.69, 9.17) is 4.74 Å². The van der Waals surface area contributed by atoms with E-state index >= 15 is 0 Å². The largest absolute Gasteiger partial charge is 0.460 e. The van der Waals surface area contributed by atoms with E-state index in [2.05, 4.69) is 26.1 Å². The molecule has 0 saturated carbocycles. The monoisotopic (exact) mass is 229 g/mol. The molecule has 0 bridgehead atoms. The summed E-state index contributed by atoms with van der Waals surface area (Å²) < 4.78 is 5.36. The molecule has 0 aromatic heterocycles. The molecule has 3 heteroatoms. The van der Waals surface area contributed by atoms with Gasteiger partial charge in [0.25, 0.3) is 0 Å². The van der Waals surface area contributed by atoms with Gasteiger partial charge in [-0.25, -0.2) is 0 Å². The molecule has 16 heavy (non-hydrogen) atoms. The van der Waals surface area contributed by atoms with Crippen LogP contribution in [0.5, 0.6) is 0 Å². The first-order valence-electron chi connectivity index (χ1n) is 5.93. The zero-order valence-corrected chi connectivity index (χ0v) is 12.0. The Hall–Kier alpha value is -0.570. The predicted molar refractivity (Wildman–Crippen MR) is 67.4 cm³/mol. The average molecular weight is 229 g/mol.